The van der Waals surface area contributed by atoms with Crippen LogP contribution in [-0.2, 0) is 6.54 Å². The Morgan fingerprint density at radius 1 is 1.04 bits per heavy atom. The minimum absolute atomic E-state index is 0.0531. The molecule has 0 spiro atoms. The van der Waals surface area contributed by atoms with Crippen molar-refractivity contribution in [2.24, 2.45) is 0 Å². The summed E-state index contributed by atoms with van der Waals surface area (Å²) >= 11 is 0. The number of benzene rings is 2. The lowest BCUT2D eigenvalue weighted by Gasteiger charge is -2.29. The average molecular weight is 359 g/mol. The van der Waals surface area contributed by atoms with Gasteiger partial charge in [-0.25, -0.2) is 8.78 Å². The zero-order valence-corrected chi connectivity index (χ0v) is 14.2. The number of amides is 1. The molecule has 2 aromatic rings. The first kappa shape index (κ1) is 16.8. The van der Waals surface area contributed by atoms with Gasteiger partial charge in [0.05, 0.1) is 5.56 Å². The summed E-state index contributed by atoms with van der Waals surface area (Å²) < 4.78 is 38.0. The van der Waals surface area contributed by atoms with Crippen molar-refractivity contribution in [3.05, 3.63) is 59.2 Å². The smallest absolute Gasteiger partial charge is 0.257 e. The molecule has 1 heterocycles. The fourth-order valence-corrected chi connectivity index (χ4v) is 3.64. The molecule has 2 aliphatic rings. The van der Waals surface area contributed by atoms with Crippen LogP contribution in [0.3, 0.4) is 0 Å². The topological polar surface area (TPSA) is 38.8 Å². The van der Waals surface area contributed by atoms with Gasteiger partial charge in [-0.1, -0.05) is 18.9 Å². The Kier molecular flexibility index (Phi) is 4.49. The van der Waals surface area contributed by atoms with E-state index in [0.29, 0.717) is 18.0 Å². The van der Waals surface area contributed by atoms with Crippen molar-refractivity contribution >= 4 is 5.91 Å². The van der Waals surface area contributed by atoms with E-state index >= 15 is 0 Å². The summed E-state index contributed by atoms with van der Waals surface area (Å²) in [5.41, 5.74) is 0.788. The highest BCUT2D eigenvalue weighted by molar-refractivity contribution is 5.94. The second-order valence-electron chi connectivity index (χ2n) is 6.68. The number of hydrogen-bond acceptors (Lipinski definition) is 3. The molecule has 0 atom stereocenters. The van der Waals surface area contributed by atoms with Crippen molar-refractivity contribution in [3.63, 3.8) is 0 Å². The van der Waals surface area contributed by atoms with Crippen molar-refractivity contribution in [3.8, 4) is 11.5 Å². The summed E-state index contributed by atoms with van der Waals surface area (Å²) in [6, 6.07) is 8.67. The fourth-order valence-electron chi connectivity index (χ4n) is 3.64. The molecule has 6 heteroatoms. The lowest BCUT2D eigenvalue weighted by Crippen LogP contribution is -2.38. The first-order chi connectivity index (χ1) is 12.6. The van der Waals surface area contributed by atoms with Crippen LogP contribution in [0, 0.1) is 11.6 Å². The Bertz CT molecular complexity index is 834. The van der Waals surface area contributed by atoms with Gasteiger partial charge in [-0.15, -0.1) is 0 Å². The number of halogens is 2. The van der Waals surface area contributed by atoms with E-state index in [4.69, 9.17) is 9.47 Å². The third-order valence-corrected chi connectivity index (χ3v) is 4.98. The van der Waals surface area contributed by atoms with Gasteiger partial charge in [0.1, 0.15) is 11.6 Å². The first-order valence-electron chi connectivity index (χ1n) is 8.76. The number of hydrogen-bond donors (Lipinski definition) is 0. The van der Waals surface area contributed by atoms with Gasteiger partial charge in [0.15, 0.2) is 11.5 Å². The molecule has 4 nitrogen and oxygen atoms in total. The molecule has 0 aromatic heterocycles. The molecular weight excluding hydrogens is 340 g/mol. The average Bonchev–Trinajstić information content (AvgIpc) is 3.30. The Labute approximate surface area is 150 Å². The zero-order valence-electron chi connectivity index (χ0n) is 14.2. The third-order valence-electron chi connectivity index (χ3n) is 4.98. The van der Waals surface area contributed by atoms with Crippen molar-refractivity contribution < 1.29 is 23.0 Å². The highest BCUT2D eigenvalue weighted by Gasteiger charge is 2.29. The van der Waals surface area contributed by atoms with Crippen LogP contribution in [0.25, 0.3) is 0 Å². The predicted octanol–water partition coefficient (Wildman–Crippen LogP) is 4.28. The highest BCUT2D eigenvalue weighted by Crippen LogP contribution is 2.34. The van der Waals surface area contributed by atoms with Gasteiger partial charge in [0, 0.05) is 18.7 Å². The summed E-state index contributed by atoms with van der Waals surface area (Å²) in [5.74, 6) is -0.607. The molecular formula is C20H19F2NO3. The maximum absolute atomic E-state index is 14.1. The summed E-state index contributed by atoms with van der Waals surface area (Å²) in [7, 11) is 0. The SMILES string of the molecule is O=C(c1ccc(F)cc1F)N(Cc1ccc2c(c1)OCO2)C1CCCC1. The number of carbonyl (C=O) groups is 1. The summed E-state index contributed by atoms with van der Waals surface area (Å²) in [4.78, 5) is 14.7. The quantitative estimate of drug-likeness (QED) is 0.818. The van der Waals surface area contributed by atoms with Crippen LogP contribution in [0.4, 0.5) is 8.78 Å². The second kappa shape index (κ2) is 6.94. The van der Waals surface area contributed by atoms with E-state index in [1.807, 2.05) is 18.2 Å². The number of nitrogens with zero attached hydrogens (tertiary/aromatic N) is 1. The monoisotopic (exact) mass is 359 g/mol. The van der Waals surface area contributed by atoms with Crippen LogP contribution < -0.4 is 9.47 Å². The predicted molar refractivity (Wildman–Crippen MR) is 91.1 cm³/mol. The van der Waals surface area contributed by atoms with Crippen LogP contribution in [0.15, 0.2) is 36.4 Å². The minimum atomic E-state index is -0.830. The lowest BCUT2D eigenvalue weighted by atomic mass is 10.1. The molecule has 0 radical (unpaired) electrons. The van der Waals surface area contributed by atoms with Crippen molar-refractivity contribution in [2.45, 2.75) is 38.3 Å². The van der Waals surface area contributed by atoms with Gasteiger partial charge < -0.3 is 14.4 Å². The molecule has 1 aliphatic heterocycles. The van der Waals surface area contributed by atoms with E-state index in [1.165, 1.54) is 6.07 Å². The van der Waals surface area contributed by atoms with Crippen LogP contribution in [-0.4, -0.2) is 23.6 Å². The van der Waals surface area contributed by atoms with Gasteiger partial charge in [-0.05, 0) is 42.7 Å². The summed E-state index contributed by atoms with van der Waals surface area (Å²) in [5, 5.41) is 0. The molecule has 1 fully saturated rings. The Hall–Kier alpha value is -2.63. The zero-order chi connectivity index (χ0) is 18.1. The summed E-state index contributed by atoms with van der Waals surface area (Å²) in [6.45, 7) is 0.530. The number of rotatable bonds is 4. The molecule has 1 amide bonds. The van der Waals surface area contributed by atoms with Crippen molar-refractivity contribution in [1.29, 1.82) is 0 Å². The number of fused-ring (bicyclic) bond motifs is 1. The standard InChI is InChI=1S/C20H19F2NO3/c21-14-6-7-16(17(22)10-14)20(24)23(15-3-1-2-4-15)11-13-5-8-18-19(9-13)26-12-25-18/h5-10,15H,1-4,11-12H2. The van der Waals surface area contributed by atoms with E-state index < -0.39 is 17.5 Å². The van der Waals surface area contributed by atoms with Gasteiger partial charge in [0.25, 0.3) is 5.91 Å². The Morgan fingerprint density at radius 3 is 2.58 bits per heavy atom. The molecule has 2 aromatic carbocycles. The molecule has 1 saturated carbocycles. The Morgan fingerprint density at radius 2 is 1.81 bits per heavy atom. The van der Waals surface area contributed by atoms with Gasteiger partial charge in [-0.2, -0.15) is 0 Å². The second-order valence-corrected chi connectivity index (χ2v) is 6.68. The van der Waals surface area contributed by atoms with Crippen LogP contribution in [0.1, 0.15) is 41.6 Å². The molecule has 0 N–H and O–H groups in total. The maximum atomic E-state index is 14.1. The van der Waals surface area contributed by atoms with Gasteiger partial charge >= 0.3 is 0 Å². The first-order valence-corrected chi connectivity index (χ1v) is 8.76. The largest absolute Gasteiger partial charge is 0.454 e. The lowest BCUT2D eigenvalue weighted by molar-refractivity contribution is 0.0659. The normalized spacial score (nSPS) is 16.1. The molecule has 0 unspecified atom stereocenters. The maximum Gasteiger partial charge on any atom is 0.257 e. The van der Waals surface area contributed by atoms with Crippen LogP contribution in [0.2, 0.25) is 0 Å². The molecule has 136 valence electrons. The van der Waals surface area contributed by atoms with Gasteiger partial charge in [-0.3, -0.25) is 4.79 Å². The van der Waals surface area contributed by atoms with Crippen LogP contribution in [0.5, 0.6) is 11.5 Å². The highest BCUT2D eigenvalue weighted by atomic mass is 19.1. The third kappa shape index (κ3) is 3.23. The molecule has 0 bridgehead atoms. The number of ether oxygens (including phenoxy) is 2. The van der Waals surface area contributed by atoms with E-state index in [9.17, 15) is 13.6 Å². The summed E-state index contributed by atoms with van der Waals surface area (Å²) in [6.07, 6.45) is 3.86. The fraction of sp³-hybridized carbons (Fsp3) is 0.350. The molecule has 0 saturated heterocycles. The van der Waals surface area contributed by atoms with E-state index in [1.54, 1.807) is 4.90 Å². The molecule has 1 aliphatic carbocycles. The number of carbonyl (C=O) groups excluding carboxylic acids is 1. The van der Waals surface area contributed by atoms with E-state index in [-0.39, 0.29) is 18.4 Å². The van der Waals surface area contributed by atoms with E-state index in [0.717, 1.165) is 43.4 Å². The van der Waals surface area contributed by atoms with Crippen molar-refractivity contribution in [1.82, 2.24) is 4.90 Å². The molecule has 26 heavy (non-hydrogen) atoms. The van der Waals surface area contributed by atoms with Gasteiger partial charge in [0.2, 0.25) is 6.79 Å². The van der Waals surface area contributed by atoms with Crippen LogP contribution >= 0.6 is 0 Å². The minimum Gasteiger partial charge on any atom is -0.454 e. The Balaban J connectivity index is 1.62. The van der Waals surface area contributed by atoms with Crippen molar-refractivity contribution in [2.75, 3.05) is 6.79 Å². The van der Waals surface area contributed by atoms with E-state index in [2.05, 4.69) is 0 Å². The molecule has 4 rings (SSSR count).